The van der Waals surface area contributed by atoms with Gasteiger partial charge in [-0.2, -0.15) is 0 Å². The first-order valence-corrected chi connectivity index (χ1v) is 8.91. The summed E-state index contributed by atoms with van der Waals surface area (Å²) in [6, 6.07) is 9.51. The minimum atomic E-state index is -0.212. The number of allylic oxidation sites excluding steroid dienone is 1. The molecule has 1 heterocycles. The minimum absolute atomic E-state index is 0.212. The number of aromatic nitrogens is 1. The van der Waals surface area contributed by atoms with Crippen LogP contribution in [0.2, 0.25) is 0 Å². The van der Waals surface area contributed by atoms with Crippen molar-refractivity contribution >= 4 is 38.3 Å². The number of halogens is 1. The largest absolute Gasteiger partial charge is 0.493 e. The molecule has 0 amide bonds. The topological polar surface area (TPSA) is 72.6 Å². The van der Waals surface area contributed by atoms with Crippen LogP contribution in [0.1, 0.15) is 10.4 Å². The fourth-order valence-corrected chi connectivity index (χ4v) is 3.40. The molecule has 0 aliphatic rings. The maximum absolute atomic E-state index is 12.6. The molecule has 0 spiro atoms. The number of methoxy groups -OCH3 is 3. The molecule has 6 nitrogen and oxygen atoms in total. The number of aromatic amines is 1. The number of fused-ring (bicyclic) bond motifs is 1. The summed E-state index contributed by atoms with van der Waals surface area (Å²) in [6.07, 6.45) is 4.94. The molecule has 0 bridgehead atoms. The van der Waals surface area contributed by atoms with E-state index in [2.05, 4.69) is 26.2 Å². The van der Waals surface area contributed by atoms with E-state index in [-0.39, 0.29) is 5.78 Å². The molecule has 0 aliphatic heterocycles. The van der Waals surface area contributed by atoms with Gasteiger partial charge < -0.3 is 24.5 Å². The quantitative estimate of drug-likeness (QED) is 0.417. The van der Waals surface area contributed by atoms with Gasteiger partial charge in [-0.05, 0) is 46.3 Å². The van der Waals surface area contributed by atoms with Crippen molar-refractivity contribution in [3.8, 4) is 17.2 Å². The maximum Gasteiger partial charge on any atom is 0.204 e. The Morgan fingerprint density at radius 1 is 1.07 bits per heavy atom. The molecule has 0 saturated heterocycles. The molecule has 0 saturated carbocycles. The predicted molar refractivity (Wildman–Crippen MR) is 109 cm³/mol. The summed E-state index contributed by atoms with van der Waals surface area (Å²) in [5, 5.41) is 4.20. The second kappa shape index (κ2) is 8.18. The van der Waals surface area contributed by atoms with E-state index in [1.807, 2.05) is 30.5 Å². The summed E-state index contributed by atoms with van der Waals surface area (Å²) in [5.41, 5.74) is 2.35. The van der Waals surface area contributed by atoms with E-state index in [4.69, 9.17) is 14.2 Å². The van der Waals surface area contributed by atoms with E-state index >= 15 is 0 Å². The van der Waals surface area contributed by atoms with Gasteiger partial charge in [0.25, 0.3) is 0 Å². The molecule has 140 valence electrons. The van der Waals surface area contributed by atoms with Crippen LogP contribution in [-0.2, 0) is 0 Å². The van der Waals surface area contributed by atoms with Gasteiger partial charge in [-0.3, -0.25) is 4.79 Å². The smallest absolute Gasteiger partial charge is 0.204 e. The summed E-state index contributed by atoms with van der Waals surface area (Å²) < 4.78 is 16.5. The van der Waals surface area contributed by atoms with Gasteiger partial charge in [-0.15, -0.1) is 0 Å². The second-order valence-corrected chi connectivity index (χ2v) is 6.42. The van der Waals surface area contributed by atoms with Crippen molar-refractivity contribution in [2.45, 2.75) is 0 Å². The lowest BCUT2D eigenvalue weighted by atomic mass is 10.1. The maximum atomic E-state index is 12.6. The van der Waals surface area contributed by atoms with Gasteiger partial charge >= 0.3 is 0 Å². The summed E-state index contributed by atoms with van der Waals surface area (Å²) in [6.45, 7) is 0. The molecule has 2 N–H and O–H groups in total. The first kappa shape index (κ1) is 18.8. The lowest BCUT2D eigenvalue weighted by Crippen LogP contribution is -2.03. The number of rotatable bonds is 7. The first-order valence-electron chi connectivity index (χ1n) is 8.12. The number of nitrogens with one attached hydrogen (secondary N) is 2. The third-order valence-electron chi connectivity index (χ3n) is 4.07. The Balaban J connectivity index is 1.83. The number of carbonyl (C=O) groups is 1. The molecule has 3 rings (SSSR count). The number of H-pyrrole nitrogens is 1. The molecule has 7 heteroatoms. The number of anilines is 1. The highest BCUT2D eigenvalue weighted by molar-refractivity contribution is 9.10. The molecule has 0 atom stereocenters. The Bertz CT molecular complexity index is 1010. The SMILES string of the molecule is COc1cc(C(=O)/C=C\Nc2ccc3[nH]ccc3c2)c(Br)c(OC)c1OC. The van der Waals surface area contributed by atoms with E-state index < -0.39 is 0 Å². The van der Waals surface area contributed by atoms with E-state index in [1.165, 1.54) is 27.4 Å². The fraction of sp³-hybridized carbons (Fsp3) is 0.150. The van der Waals surface area contributed by atoms with Crippen molar-refractivity contribution in [1.29, 1.82) is 0 Å². The third kappa shape index (κ3) is 3.78. The number of hydrogen-bond acceptors (Lipinski definition) is 5. The zero-order valence-electron chi connectivity index (χ0n) is 15.1. The molecule has 27 heavy (non-hydrogen) atoms. The van der Waals surface area contributed by atoms with Gasteiger partial charge in [-0.1, -0.05) is 0 Å². The second-order valence-electron chi connectivity index (χ2n) is 5.63. The third-order valence-corrected chi connectivity index (χ3v) is 4.86. The first-order chi connectivity index (χ1) is 13.1. The van der Waals surface area contributed by atoms with Crippen molar-refractivity contribution in [3.63, 3.8) is 0 Å². The van der Waals surface area contributed by atoms with Crippen LogP contribution in [0.5, 0.6) is 17.2 Å². The highest BCUT2D eigenvalue weighted by Crippen LogP contribution is 2.44. The van der Waals surface area contributed by atoms with Crippen LogP contribution in [0.25, 0.3) is 10.9 Å². The number of benzene rings is 2. The van der Waals surface area contributed by atoms with E-state index in [0.717, 1.165) is 16.6 Å². The Labute approximate surface area is 165 Å². The fourth-order valence-electron chi connectivity index (χ4n) is 2.75. The van der Waals surface area contributed by atoms with E-state index in [1.54, 1.807) is 12.3 Å². The van der Waals surface area contributed by atoms with Crippen LogP contribution in [-0.4, -0.2) is 32.1 Å². The highest BCUT2D eigenvalue weighted by atomic mass is 79.9. The number of hydrogen-bond donors (Lipinski definition) is 2. The number of ether oxygens (including phenoxy) is 3. The van der Waals surface area contributed by atoms with Crippen molar-refractivity contribution < 1.29 is 19.0 Å². The van der Waals surface area contributed by atoms with Gasteiger partial charge in [0.1, 0.15) is 0 Å². The van der Waals surface area contributed by atoms with Crippen LogP contribution in [0.4, 0.5) is 5.69 Å². The average Bonchev–Trinajstić information content (AvgIpc) is 3.15. The molecule has 0 aliphatic carbocycles. The molecule has 3 aromatic rings. The number of ketones is 1. The van der Waals surface area contributed by atoms with E-state index in [9.17, 15) is 4.79 Å². The van der Waals surface area contributed by atoms with Crippen LogP contribution in [0.3, 0.4) is 0 Å². The Morgan fingerprint density at radius 3 is 2.56 bits per heavy atom. The predicted octanol–water partition coefficient (Wildman–Crippen LogP) is 4.76. The van der Waals surface area contributed by atoms with Crippen molar-refractivity contribution in [2.24, 2.45) is 0 Å². The van der Waals surface area contributed by atoms with Gasteiger partial charge in [0.05, 0.1) is 25.8 Å². The summed E-state index contributed by atoms with van der Waals surface area (Å²) in [5.74, 6) is 1.03. The van der Waals surface area contributed by atoms with Gasteiger partial charge in [-0.25, -0.2) is 0 Å². The molecule has 0 unspecified atom stereocenters. The van der Waals surface area contributed by atoms with Crippen LogP contribution in [0, 0.1) is 0 Å². The number of carbonyl (C=O) groups excluding carboxylic acids is 1. The molecule has 0 radical (unpaired) electrons. The summed E-state index contributed by atoms with van der Waals surface area (Å²) in [4.78, 5) is 15.8. The zero-order chi connectivity index (χ0) is 19.4. The van der Waals surface area contributed by atoms with Crippen molar-refractivity contribution in [1.82, 2.24) is 4.98 Å². The Kier molecular flexibility index (Phi) is 5.71. The summed E-state index contributed by atoms with van der Waals surface area (Å²) >= 11 is 3.42. The van der Waals surface area contributed by atoms with Crippen LogP contribution < -0.4 is 19.5 Å². The normalized spacial score (nSPS) is 11.0. The molecule has 2 aromatic carbocycles. The average molecular weight is 431 g/mol. The molecular formula is C20H19BrN2O4. The van der Waals surface area contributed by atoms with Crippen molar-refractivity contribution in [2.75, 3.05) is 26.6 Å². The monoisotopic (exact) mass is 430 g/mol. The zero-order valence-corrected chi connectivity index (χ0v) is 16.7. The summed E-state index contributed by atoms with van der Waals surface area (Å²) in [7, 11) is 4.53. The molecule has 0 fully saturated rings. The standard InChI is InChI=1S/C20H19BrN2O4/c1-25-17-11-14(18(21)20(27-3)19(17)26-2)16(24)7-9-22-13-4-5-15-12(10-13)6-8-23-15/h4-11,22-23H,1-3H3/b9-7-. The Hall–Kier alpha value is -2.93. The lowest BCUT2D eigenvalue weighted by molar-refractivity contribution is 0.104. The highest BCUT2D eigenvalue weighted by Gasteiger charge is 2.21. The molecular weight excluding hydrogens is 412 g/mol. The van der Waals surface area contributed by atoms with Gasteiger partial charge in [0.2, 0.25) is 5.75 Å². The molecule has 1 aromatic heterocycles. The van der Waals surface area contributed by atoms with E-state index in [0.29, 0.717) is 27.3 Å². The Morgan fingerprint density at radius 2 is 1.85 bits per heavy atom. The van der Waals surface area contributed by atoms with Crippen LogP contribution >= 0.6 is 15.9 Å². The van der Waals surface area contributed by atoms with Crippen molar-refractivity contribution in [3.05, 3.63) is 58.8 Å². The van der Waals surface area contributed by atoms with Crippen LogP contribution in [0.15, 0.2) is 53.3 Å². The van der Waals surface area contributed by atoms with Gasteiger partial charge in [0, 0.05) is 40.6 Å². The van der Waals surface area contributed by atoms with Gasteiger partial charge in [0.15, 0.2) is 17.3 Å². The minimum Gasteiger partial charge on any atom is -0.493 e. The lowest BCUT2D eigenvalue weighted by Gasteiger charge is -2.15.